The smallest absolute Gasteiger partial charge is 0.257 e. The van der Waals surface area contributed by atoms with E-state index in [-0.39, 0.29) is 12.5 Å². The van der Waals surface area contributed by atoms with Crippen LogP contribution in [0.15, 0.2) is 24.5 Å². The summed E-state index contributed by atoms with van der Waals surface area (Å²) in [5, 5.41) is 10.8. The molecule has 1 heterocycles. The molecule has 5 nitrogen and oxygen atoms in total. The minimum atomic E-state index is -0.242. The molecule has 0 aliphatic rings. The standard InChI is InChI=1S/C10H11N3O2/c11-4-2-6-13-10(14)8-15-9-3-1-5-12-7-9/h1,3,5,7H,2,6,8H2,(H,13,14). The summed E-state index contributed by atoms with van der Waals surface area (Å²) >= 11 is 0. The van der Waals surface area contributed by atoms with Gasteiger partial charge >= 0.3 is 0 Å². The van der Waals surface area contributed by atoms with Crippen molar-refractivity contribution in [2.75, 3.05) is 13.2 Å². The van der Waals surface area contributed by atoms with Crippen LogP contribution in [0.4, 0.5) is 0 Å². The zero-order valence-electron chi connectivity index (χ0n) is 8.14. The van der Waals surface area contributed by atoms with Gasteiger partial charge in [-0.3, -0.25) is 9.78 Å². The lowest BCUT2D eigenvalue weighted by Crippen LogP contribution is -2.29. The topological polar surface area (TPSA) is 75.0 Å². The summed E-state index contributed by atoms with van der Waals surface area (Å²) in [5.74, 6) is 0.307. The van der Waals surface area contributed by atoms with Gasteiger partial charge in [0.15, 0.2) is 6.61 Å². The number of pyridine rings is 1. The predicted octanol–water partition coefficient (Wildman–Crippen LogP) is 0.490. The van der Waals surface area contributed by atoms with Gasteiger partial charge in [-0.1, -0.05) is 0 Å². The van der Waals surface area contributed by atoms with Gasteiger partial charge in [-0.15, -0.1) is 0 Å². The molecule has 1 aromatic rings. The highest BCUT2D eigenvalue weighted by Crippen LogP contribution is 2.04. The summed E-state index contributed by atoms with van der Waals surface area (Å²) in [5.41, 5.74) is 0. The highest BCUT2D eigenvalue weighted by molar-refractivity contribution is 5.77. The van der Waals surface area contributed by atoms with Gasteiger partial charge in [0.1, 0.15) is 5.75 Å². The summed E-state index contributed by atoms with van der Waals surface area (Å²) in [4.78, 5) is 15.0. The first kappa shape index (κ1) is 11.0. The fourth-order valence-corrected chi connectivity index (χ4v) is 0.890. The maximum absolute atomic E-state index is 11.1. The molecule has 0 saturated heterocycles. The number of hydrogen-bond acceptors (Lipinski definition) is 4. The van der Waals surface area contributed by atoms with Crippen LogP contribution in [0, 0.1) is 11.3 Å². The van der Waals surface area contributed by atoms with E-state index in [1.807, 2.05) is 6.07 Å². The molecule has 0 fully saturated rings. The Morgan fingerprint density at radius 2 is 2.53 bits per heavy atom. The van der Waals surface area contributed by atoms with Crippen LogP contribution in [0.5, 0.6) is 5.75 Å². The molecule has 5 heteroatoms. The fraction of sp³-hybridized carbons (Fsp3) is 0.300. The lowest BCUT2D eigenvalue weighted by atomic mass is 10.4. The van der Waals surface area contributed by atoms with Gasteiger partial charge in [-0.25, -0.2) is 0 Å². The molecule has 0 aliphatic carbocycles. The summed E-state index contributed by atoms with van der Waals surface area (Å²) < 4.78 is 5.14. The van der Waals surface area contributed by atoms with E-state index in [9.17, 15) is 4.79 Å². The molecule has 0 aromatic carbocycles. The van der Waals surface area contributed by atoms with Gasteiger partial charge in [0.05, 0.1) is 18.7 Å². The first-order chi connectivity index (χ1) is 7.33. The Morgan fingerprint density at radius 3 is 3.20 bits per heavy atom. The van der Waals surface area contributed by atoms with Gasteiger partial charge in [0.2, 0.25) is 0 Å². The highest BCUT2D eigenvalue weighted by atomic mass is 16.5. The second-order valence-electron chi connectivity index (χ2n) is 2.74. The Hall–Kier alpha value is -2.09. The normalized spacial score (nSPS) is 9.00. The van der Waals surface area contributed by atoms with Crippen LogP contribution >= 0.6 is 0 Å². The Bertz CT molecular complexity index is 345. The monoisotopic (exact) mass is 205 g/mol. The number of carbonyl (C=O) groups is 1. The van der Waals surface area contributed by atoms with Crippen LogP contribution < -0.4 is 10.1 Å². The van der Waals surface area contributed by atoms with Gasteiger partial charge in [0.25, 0.3) is 5.91 Å². The van der Waals surface area contributed by atoms with Gasteiger partial charge in [-0.2, -0.15) is 5.26 Å². The molecule has 0 unspecified atom stereocenters. The van der Waals surface area contributed by atoms with Crippen LogP contribution in [-0.2, 0) is 4.79 Å². The van der Waals surface area contributed by atoms with Crippen molar-refractivity contribution in [3.63, 3.8) is 0 Å². The number of carbonyl (C=O) groups excluding carboxylic acids is 1. The quantitative estimate of drug-likeness (QED) is 0.710. The Morgan fingerprint density at radius 1 is 1.67 bits per heavy atom. The second-order valence-corrected chi connectivity index (χ2v) is 2.74. The second kappa shape index (κ2) is 6.38. The maximum Gasteiger partial charge on any atom is 0.257 e. The van der Waals surface area contributed by atoms with Gasteiger partial charge in [0, 0.05) is 12.7 Å². The lowest BCUT2D eigenvalue weighted by molar-refractivity contribution is -0.123. The average Bonchev–Trinajstić information content (AvgIpc) is 2.28. The summed E-state index contributed by atoms with van der Waals surface area (Å²) in [6, 6.07) is 5.37. The Balaban J connectivity index is 2.20. The van der Waals surface area contributed by atoms with E-state index in [0.717, 1.165) is 0 Å². The number of nitrogens with zero attached hydrogens (tertiary/aromatic N) is 2. The molecule has 0 atom stereocenters. The molecule has 0 aliphatic heterocycles. The zero-order valence-corrected chi connectivity index (χ0v) is 8.14. The fourth-order valence-electron chi connectivity index (χ4n) is 0.890. The number of ether oxygens (including phenoxy) is 1. The van der Waals surface area contributed by atoms with Crippen molar-refractivity contribution in [1.29, 1.82) is 5.26 Å². The molecule has 0 saturated carbocycles. The van der Waals surface area contributed by atoms with Crippen LogP contribution in [-0.4, -0.2) is 24.0 Å². The predicted molar refractivity (Wildman–Crippen MR) is 53.0 cm³/mol. The molecule has 1 amide bonds. The number of nitriles is 1. The van der Waals surface area contributed by atoms with E-state index in [4.69, 9.17) is 10.00 Å². The van der Waals surface area contributed by atoms with Crippen LogP contribution in [0.25, 0.3) is 0 Å². The maximum atomic E-state index is 11.1. The Kier molecular flexibility index (Phi) is 4.67. The van der Waals surface area contributed by atoms with Crippen LogP contribution in [0.1, 0.15) is 6.42 Å². The largest absolute Gasteiger partial charge is 0.482 e. The van der Waals surface area contributed by atoms with E-state index >= 15 is 0 Å². The molecule has 1 rings (SSSR count). The third-order valence-corrected chi connectivity index (χ3v) is 1.56. The van der Waals surface area contributed by atoms with Gasteiger partial charge in [-0.05, 0) is 12.1 Å². The first-order valence-electron chi connectivity index (χ1n) is 4.49. The molecular formula is C10H11N3O2. The third-order valence-electron chi connectivity index (χ3n) is 1.56. The molecule has 1 N–H and O–H groups in total. The molecule has 0 bridgehead atoms. The first-order valence-corrected chi connectivity index (χ1v) is 4.49. The molecule has 0 spiro atoms. The van der Waals surface area contributed by atoms with E-state index in [1.54, 1.807) is 18.3 Å². The molecule has 15 heavy (non-hydrogen) atoms. The van der Waals surface area contributed by atoms with Crippen molar-refractivity contribution in [2.24, 2.45) is 0 Å². The van der Waals surface area contributed by atoms with Crippen molar-refractivity contribution in [1.82, 2.24) is 10.3 Å². The minimum Gasteiger partial charge on any atom is -0.482 e. The summed E-state index contributed by atoms with van der Waals surface area (Å²) in [6.45, 7) is 0.294. The van der Waals surface area contributed by atoms with E-state index < -0.39 is 0 Å². The molecule has 78 valence electrons. The molecule has 0 radical (unpaired) electrons. The number of nitrogens with one attached hydrogen (secondary N) is 1. The van der Waals surface area contributed by atoms with Crippen molar-refractivity contribution < 1.29 is 9.53 Å². The summed E-state index contributed by atoms with van der Waals surface area (Å²) in [6.07, 6.45) is 3.46. The number of amides is 1. The zero-order chi connectivity index (χ0) is 10.9. The lowest BCUT2D eigenvalue weighted by Gasteiger charge is -2.05. The SMILES string of the molecule is N#CCCNC(=O)COc1cccnc1. The van der Waals surface area contributed by atoms with E-state index in [0.29, 0.717) is 18.7 Å². The minimum absolute atomic E-state index is 0.0584. The number of hydrogen-bond donors (Lipinski definition) is 1. The summed E-state index contributed by atoms with van der Waals surface area (Å²) in [7, 11) is 0. The van der Waals surface area contributed by atoms with Crippen LogP contribution in [0.2, 0.25) is 0 Å². The van der Waals surface area contributed by atoms with E-state index in [1.165, 1.54) is 6.20 Å². The van der Waals surface area contributed by atoms with Crippen LogP contribution in [0.3, 0.4) is 0 Å². The third kappa shape index (κ3) is 4.62. The van der Waals surface area contributed by atoms with E-state index in [2.05, 4.69) is 10.3 Å². The number of aromatic nitrogens is 1. The van der Waals surface area contributed by atoms with Crippen molar-refractivity contribution >= 4 is 5.91 Å². The average molecular weight is 205 g/mol. The number of rotatable bonds is 5. The molecule has 1 aromatic heterocycles. The van der Waals surface area contributed by atoms with Crippen molar-refractivity contribution in [3.8, 4) is 11.8 Å². The highest BCUT2D eigenvalue weighted by Gasteiger charge is 2.01. The van der Waals surface area contributed by atoms with Crippen molar-refractivity contribution in [3.05, 3.63) is 24.5 Å². The Labute approximate surface area is 87.7 Å². The van der Waals surface area contributed by atoms with Gasteiger partial charge < -0.3 is 10.1 Å². The molecular weight excluding hydrogens is 194 g/mol. The van der Waals surface area contributed by atoms with Crippen molar-refractivity contribution in [2.45, 2.75) is 6.42 Å².